The first-order valence-electron chi connectivity index (χ1n) is 3.76. The van der Waals surface area contributed by atoms with E-state index in [9.17, 15) is 9.59 Å². The average molecular weight is 222 g/mol. The molecule has 0 aliphatic heterocycles. The van der Waals surface area contributed by atoms with Gasteiger partial charge < -0.3 is 4.74 Å². The second-order valence-electron chi connectivity index (χ2n) is 3.80. The van der Waals surface area contributed by atoms with Gasteiger partial charge in [0, 0.05) is 0 Å². The Balaban J connectivity index is 4.34. The van der Waals surface area contributed by atoms with Crippen molar-refractivity contribution in [3.05, 3.63) is 0 Å². The van der Waals surface area contributed by atoms with Gasteiger partial charge in [0.2, 0.25) is 0 Å². The summed E-state index contributed by atoms with van der Waals surface area (Å²) in [6.07, 6.45) is 0. The van der Waals surface area contributed by atoms with Gasteiger partial charge in [0.1, 0.15) is 9.49 Å². The predicted octanol–water partition coefficient (Wildman–Crippen LogP) is 1.47. The summed E-state index contributed by atoms with van der Waals surface area (Å²) in [5.41, 5.74) is 0. The normalized spacial score (nSPS) is 12.5. The number of esters is 2. The van der Waals surface area contributed by atoms with Crippen molar-refractivity contribution < 1.29 is 14.3 Å². The number of carbonyl (C=O) groups is 2. The van der Waals surface area contributed by atoms with Gasteiger partial charge in [0.05, 0.1) is 0 Å². The summed E-state index contributed by atoms with van der Waals surface area (Å²) in [4.78, 5) is 22.3. The van der Waals surface area contributed by atoms with Gasteiger partial charge in [-0.05, 0) is 27.7 Å². The monoisotopic (exact) mass is 222 g/mol. The molecule has 0 aromatic heterocycles. The standard InChI is InChI=1S/C8H14O3S2/c1-7(2,12)5(9)11-6(10)8(3,4)13/h12-13H,1-4H3. The van der Waals surface area contributed by atoms with E-state index < -0.39 is 21.4 Å². The van der Waals surface area contributed by atoms with Crippen LogP contribution in [0.5, 0.6) is 0 Å². The first-order chi connectivity index (χ1) is 5.55. The topological polar surface area (TPSA) is 43.4 Å². The second-order valence-corrected chi connectivity index (χ2v) is 6.03. The van der Waals surface area contributed by atoms with Crippen molar-refractivity contribution >= 4 is 37.2 Å². The van der Waals surface area contributed by atoms with Gasteiger partial charge in [-0.3, -0.25) is 9.59 Å². The molecule has 0 spiro atoms. The molecule has 5 heteroatoms. The van der Waals surface area contributed by atoms with E-state index in [1.807, 2.05) is 0 Å². The number of ether oxygens (including phenoxy) is 1. The fourth-order valence-corrected chi connectivity index (χ4v) is 0.425. The maximum Gasteiger partial charge on any atom is 0.329 e. The minimum atomic E-state index is -0.964. The van der Waals surface area contributed by atoms with E-state index in [1.165, 1.54) is 0 Å². The van der Waals surface area contributed by atoms with Crippen molar-refractivity contribution in [3.8, 4) is 0 Å². The molecule has 76 valence electrons. The predicted molar refractivity (Wildman–Crippen MR) is 57.2 cm³/mol. The Morgan fingerprint density at radius 3 is 1.31 bits per heavy atom. The van der Waals surface area contributed by atoms with Gasteiger partial charge >= 0.3 is 11.9 Å². The van der Waals surface area contributed by atoms with E-state index >= 15 is 0 Å². The van der Waals surface area contributed by atoms with E-state index in [0.29, 0.717) is 0 Å². The van der Waals surface area contributed by atoms with Crippen LogP contribution in [0.25, 0.3) is 0 Å². The van der Waals surface area contributed by atoms with Crippen LogP contribution in [0.4, 0.5) is 0 Å². The Labute approximate surface area is 89.0 Å². The third-order valence-electron chi connectivity index (χ3n) is 1.18. The van der Waals surface area contributed by atoms with Crippen LogP contribution in [0.1, 0.15) is 27.7 Å². The average Bonchev–Trinajstić information content (AvgIpc) is 1.82. The van der Waals surface area contributed by atoms with E-state index in [-0.39, 0.29) is 0 Å². The Hall–Kier alpha value is -0.160. The molecule has 3 nitrogen and oxygen atoms in total. The number of carbonyl (C=O) groups excluding carboxylic acids is 2. The zero-order chi connectivity index (χ0) is 10.9. The fourth-order valence-electron chi connectivity index (χ4n) is 0.334. The molecule has 0 fully saturated rings. The van der Waals surface area contributed by atoms with Gasteiger partial charge in [-0.2, -0.15) is 25.3 Å². The molecular weight excluding hydrogens is 208 g/mol. The SMILES string of the molecule is CC(C)(S)C(=O)OC(=O)C(C)(C)S. The Morgan fingerprint density at radius 1 is 0.923 bits per heavy atom. The molecule has 0 saturated heterocycles. The molecule has 0 rings (SSSR count). The van der Waals surface area contributed by atoms with Gasteiger partial charge in [-0.1, -0.05) is 0 Å². The van der Waals surface area contributed by atoms with Crippen molar-refractivity contribution in [3.63, 3.8) is 0 Å². The first-order valence-corrected chi connectivity index (χ1v) is 4.66. The van der Waals surface area contributed by atoms with Crippen molar-refractivity contribution in [1.82, 2.24) is 0 Å². The van der Waals surface area contributed by atoms with Crippen molar-refractivity contribution in [1.29, 1.82) is 0 Å². The second kappa shape index (κ2) is 3.92. The summed E-state index contributed by atoms with van der Waals surface area (Å²) < 4.78 is 2.62. The molecule has 0 aliphatic carbocycles. The molecule has 0 radical (unpaired) electrons. The highest BCUT2D eigenvalue weighted by molar-refractivity contribution is 7.83. The molecule has 0 saturated carbocycles. The lowest BCUT2D eigenvalue weighted by molar-refractivity contribution is -0.162. The summed E-state index contributed by atoms with van der Waals surface area (Å²) >= 11 is 7.94. The number of hydrogen-bond acceptors (Lipinski definition) is 5. The molecule has 0 amide bonds. The van der Waals surface area contributed by atoms with Crippen molar-refractivity contribution in [2.75, 3.05) is 0 Å². The minimum absolute atomic E-state index is 0.664. The van der Waals surface area contributed by atoms with Crippen LogP contribution >= 0.6 is 25.3 Å². The maximum atomic E-state index is 11.2. The van der Waals surface area contributed by atoms with Crippen LogP contribution in [0.3, 0.4) is 0 Å². The molecule has 0 bridgehead atoms. The zero-order valence-electron chi connectivity index (χ0n) is 8.12. The lowest BCUT2D eigenvalue weighted by Crippen LogP contribution is -2.36. The molecule has 0 N–H and O–H groups in total. The summed E-state index contributed by atoms with van der Waals surface area (Å²) in [6, 6.07) is 0. The van der Waals surface area contributed by atoms with E-state index in [4.69, 9.17) is 0 Å². The minimum Gasteiger partial charge on any atom is -0.391 e. The van der Waals surface area contributed by atoms with Crippen LogP contribution in [0, 0.1) is 0 Å². The molecular formula is C8H14O3S2. The molecule has 0 aromatic carbocycles. The molecule has 0 unspecified atom stereocenters. The quantitative estimate of drug-likeness (QED) is 0.422. The summed E-state index contributed by atoms with van der Waals surface area (Å²) in [5.74, 6) is -1.33. The highest BCUT2D eigenvalue weighted by Crippen LogP contribution is 2.18. The smallest absolute Gasteiger partial charge is 0.329 e. The lowest BCUT2D eigenvalue weighted by atomic mass is 10.2. The number of thiol groups is 2. The van der Waals surface area contributed by atoms with Gasteiger partial charge in [-0.15, -0.1) is 0 Å². The van der Waals surface area contributed by atoms with E-state index in [1.54, 1.807) is 27.7 Å². The first kappa shape index (κ1) is 12.8. The van der Waals surface area contributed by atoms with Crippen LogP contribution in [-0.2, 0) is 14.3 Å². The van der Waals surface area contributed by atoms with Gasteiger partial charge in [-0.25, -0.2) is 0 Å². The lowest BCUT2D eigenvalue weighted by Gasteiger charge is -2.19. The summed E-state index contributed by atoms with van der Waals surface area (Å²) in [6.45, 7) is 6.21. The van der Waals surface area contributed by atoms with E-state index in [2.05, 4.69) is 30.0 Å². The Kier molecular flexibility index (Phi) is 3.87. The van der Waals surface area contributed by atoms with Gasteiger partial charge in [0.25, 0.3) is 0 Å². The fraction of sp³-hybridized carbons (Fsp3) is 0.750. The van der Waals surface area contributed by atoms with Crippen LogP contribution in [0.2, 0.25) is 0 Å². The zero-order valence-corrected chi connectivity index (χ0v) is 9.91. The molecule has 13 heavy (non-hydrogen) atoms. The van der Waals surface area contributed by atoms with Crippen LogP contribution in [-0.4, -0.2) is 21.4 Å². The maximum absolute atomic E-state index is 11.2. The highest BCUT2D eigenvalue weighted by atomic mass is 32.1. The Morgan fingerprint density at radius 2 is 1.15 bits per heavy atom. The van der Waals surface area contributed by atoms with E-state index in [0.717, 1.165) is 0 Å². The van der Waals surface area contributed by atoms with Crippen LogP contribution in [0.15, 0.2) is 0 Å². The van der Waals surface area contributed by atoms with Crippen molar-refractivity contribution in [2.24, 2.45) is 0 Å². The molecule has 0 atom stereocenters. The third-order valence-corrected chi connectivity index (χ3v) is 1.55. The van der Waals surface area contributed by atoms with Crippen LogP contribution < -0.4 is 0 Å². The third kappa shape index (κ3) is 4.57. The van der Waals surface area contributed by atoms with Gasteiger partial charge in [0.15, 0.2) is 0 Å². The highest BCUT2D eigenvalue weighted by Gasteiger charge is 2.32. The van der Waals surface area contributed by atoms with Crippen molar-refractivity contribution in [2.45, 2.75) is 37.2 Å². The molecule has 0 aromatic rings. The molecule has 0 aliphatic rings. The summed E-state index contributed by atoms with van der Waals surface area (Å²) in [7, 11) is 0. The largest absolute Gasteiger partial charge is 0.391 e. The summed E-state index contributed by atoms with van der Waals surface area (Å²) in [5, 5.41) is 0. The Bertz CT molecular complexity index is 199. The number of rotatable bonds is 2. The molecule has 0 heterocycles. The number of hydrogen-bond donors (Lipinski definition) is 2.